The number of carbonyl (C=O) groups excluding carboxylic acids is 2. The third kappa shape index (κ3) is 2.98. The molecule has 128 valence electrons. The summed E-state index contributed by atoms with van der Waals surface area (Å²) in [5, 5.41) is 0.667. The Hall–Kier alpha value is -2.43. The molecular formula is C19H23NO4. The van der Waals surface area contributed by atoms with Gasteiger partial charge in [0.1, 0.15) is 16.7 Å². The Morgan fingerprint density at radius 2 is 1.75 bits per heavy atom. The molecule has 0 atom stereocenters. The summed E-state index contributed by atoms with van der Waals surface area (Å²) in [4.78, 5) is 29.5. The predicted octanol–water partition coefficient (Wildman–Crippen LogP) is 3.75. The molecule has 1 heterocycles. The molecule has 5 nitrogen and oxygen atoms in total. The highest BCUT2D eigenvalue weighted by Gasteiger charge is 2.38. The van der Waals surface area contributed by atoms with Crippen LogP contribution in [0.5, 0.6) is 5.75 Å². The lowest BCUT2D eigenvalue weighted by molar-refractivity contribution is -0.147. The number of Topliss-reactive ketones (excluding diaryl/α,β-unsaturated/α-hetero) is 1. The zero-order chi connectivity index (χ0) is 18.1. The number of hydrogen-bond acceptors (Lipinski definition) is 5. The normalized spacial score (nSPS) is 11.6. The first-order chi connectivity index (χ1) is 11.2. The number of ether oxygens (including phenoxy) is 2. The van der Waals surface area contributed by atoms with Crippen LogP contribution in [0, 0.1) is 5.41 Å². The summed E-state index contributed by atoms with van der Waals surface area (Å²) >= 11 is 0. The number of hydrogen-bond donors (Lipinski definition) is 0. The average molecular weight is 329 g/mol. The molecule has 1 aromatic heterocycles. The van der Waals surface area contributed by atoms with Crippen molar-refractivity contribution in [1.82, 2.24) is 4.98 Å². The fourth-order valence-electron chi connectivity index (χ4n) is 2.58. The molecular weight excluding hydrogens is 306 g/mol. The second-order valence-electron chi connectivity index (χ2n) is 6.55. The SMILES string of the molecule is COC(=O)C(C)(C)C(=O)c1ccc(OC)c2nc(C(C)C)ccc12. The van der Waals surface area contributed by atoms with Gasteiger partial charge in [0.2, 0.25) is 0 Å². The Morgan fingerprint density at radius 3 is 2.29 bits per heavy atom. The van der Waals surface area contributed by atoms with E-state index >= 15 is 0 Å². The molecule has 24 heavy (non-hydrogen) atoms. The zero-order valence-corrected chi connectivity index (χ0v) is 15.0. The van der Waals surface area contributed by atoms with E-state index in [1.165, 1.54) is 7.11 Å². The molecule has 0 spiro atoms. The summed E-state index contributed by atoms with van der Waals surface area (Å²) in [6.45, 7) is 7.23. The standard InChI is InChI=1S/C19H23NO4/c1-11(2)14-9-7-12-13(8-10-15(23-5)16(12)20-14)17(21)19(3,4)18(22)24-6/h7-11H,1-6H3. The van der Waals surface area contributed by atoms with Gasteiger partial charge >= 0.3 is 5.97 Å². The first-order valence-electron chi connectivity index (χ1n) is 7.84. The van der Waals surface area contributed by atoms with E-state index in [1.54, 1.807) is 33.1 Å². The van der Waals surface area contributed by atoms with Crippen LogP contribution in [0.25, 0.3) is 10.9 Å². The lowest BCUT2D eigenvalue weighted by Crippen LogP contribution is -2.34. The van der Waals surface area contributed by atoms with E-state index in [1.807, 2.05) is 12.1 Å². The smallest absolute Gasteiger partial charge is 0.319 e. The highest BCUT2D eigenvalue weighted by molar-refractivity contribution is 6.17. The van der Waals surface area contributed by atoms with E-state index in [4.69, 9.17) is 9.47 Å². The van der Waals surface area contributed by atoms with Crippen molar-refractivity contribution in [2.24, 2.45) is 5.41 Å². The minimum absolute atomic E-state index is 0.255. The highest BCUT2D eigenvalue weighted by Crippen LogP contribution is 2.33. The van der Waals surface area contributed by atoms with Crippen LogP contribution in [0.15, 0.2) is 24.3 Å². The van der Waals surface area contributed by atoms with Gasteiger partial charge in [-0.3, -0.25) is 9.59 Å². The molecule has 0 saturated heterocycles. The second-order valence-corrected chi connectivity index (χ2v) is 6.55. The number of pyridine rings is 1. The van der Waals surface area contributed by atoms with Crippen molar-refractivity contribution in [3.05, 3.63) is 35.5 Å². The largest absolute Gasteiger partial charge is 0.494 e. The molecule has 2 rings (SSSR count). The van der Waals surface area contributed by atoms with Crippen LogP contribution in [0.4, 0.5) is 0 Å². The molecule has 0 amide bonds. The van der Waals surface area contributed by atoms with Gasteiger partial charge in [-0.2, -0.15) is 0 Å². The van der Waals surface area contributed by atoms with Gasteiger partial charge in [0, 0.05) is 16.6 Å². The van der Waals surface area contributed by atoms with Gasteiger partial charge in [0.05, 0.1) is 14.2 Å². The van der Waals surface area contributed by atoms with Gasteiger partial charge in [-0.1, -0.05) is 19.9 Å². The Balaban J connectivity index is 2.68. The van der Waals surface area contributed by atoms with Crippen molar-refractivity contribution >= 4 is 22.7 Å². The molecule has 0 aliphatic carbocycles. The third-order valence-corrected chi connectivity index (χ3v) is 4.16. The fraction of sp³-hybridized carbons (Fsp3) is 0.421. The van der Waals surface area contributed by atoms with E-state index in [0.29, 0.717) is 22.2 Å². The Labute approximate surface area is 142 Å². The van der Waals surface area contributed by atoms with Crippen LogP contribution in [0.2, 0.25) is 0 Å². The van der Waals surface area contributed by atoms with Gasteiger partial charge in [0.15, 0.2) is 5.78 Å². The maximum Gasteiger partial charge on any atom is 0.319 e. The summed E-state index contributed by atoms with van der Waals surface area (Å²) in [6.07, 6.45) is 0. The molecule has 5 heteroatoms. The van der Waals surface area contributed by atoms with Crippen LogP contribution in [-0.4, -0.2) is 31.0 Å². The van der Waals surface area contributed by atoms with Crippen molar-refractivity contribution in [3.8, 4) is 5.75 Å². The predicted molar refractivity (Wildman–Crippen MR) is 92.5 cm³/mol. The monoisotopic (exact) mass is 329 g/mol. The van der Waals surface area contributed by atoms with Gasteiger partial charge in [-0.25, -0.2) is 4.98 Å². The number of benzene rings is 1. The van der Waals surface area contributed by atoms with Crippen LogP contribution < -0.4 is 4.74 Å². The third-order valence-electron chi connectivity index (χ3n) is 4.16. The Morgan fingerprint density at radius 1 is 1.08 bits per heavy atom. The van der Waals surface area contributed by atoms with E-state index in [-0.39, 0.29) is 11.7 Å². The molecule has 0 aliphatic rings. The van der Waals surface area contributed by atoms with Crippen LogP contribution >= 0.6 is 0 Å². The van der Waals surface area contributed by atoms with Crippen molar-refractivity contribution in [1.29, 1.82) is 0 Å². The molecule has 1 aromatic carbocycles. The minimum atomic E-state index is -1.27. The first-order valence-corrected chi connectivity index (χ1v) is 7.84. The number of nitrogens with zero attached hydrogens (tertiary/aromatic N) is 1. The Bertz CT molecular complexity index is 793. The van der Waals surface area contributed by atoms with Crippen LogP contribution in [0.3, 0.4) is 0 Å². The zero-order valence-electron chi connectivity index (χ0n) is 15.0. The summed E-state index contributed by atoms with van der Waals surface area (Å²) in [7, 11) is 2.85. The number of methoxy groups -OCH3 is 2. The number of fused-ring (bicyclic) bond motifs is 1. The highest BCUT2D eigenvalue weighted by atomic mass is 16.5. The molecule has 0 unspecified atom stereocenters. The summed E-state index contributed by atoms with van der Waals surface area (Å²) in [5.74, 6) is -0.0192. The number of rotatable bonds is 5. The number of esters is 1. The average Bonchev–Trinajstić information content (AvgIpc) is 2.58. The van der Waals surface area contributed by atoms with Gasteiger partial charge in [0.25, 0.3) is 0 Å². The van der Waals surface area contributed by atoms with E-state index in [0.717, 1.165) is 5.69 Å². The molecule has 0 radical (unpaired) electrons. The summed E-state index contributed by atoms with van der Waals surface area (Å²) in [5.41, 5.74) is 0.698. The fourth-order valence-corrected chi connectivity index (χ4v) is 2.58. The maximum atomic E-state index is 12.9. The molecule has 0 saturated carbocycles. The van der Waals surface area contributed by atoms with Crippen molar-refractivity contribution < 1.29 is 19.1 Å². The van der Waals surface area contributed by atoms with Crippen molar-refractivity contribution in [2.75, 3.05) is 14.2 Å². The molecule has 2 aromatic rings. The van der Waals surface area contributed by atoms with Gasteiger partial charge < -0.3 is 9.47 Å². The van der Waals surface area contributed by atoms with E-state index in [2.05, 4.69) is 18.8 Å². The summed E-state index contributed by atoms with van der Waals surface area (Å²) in [6, 6.07) is 7.14. The van der Waals surface area contributed by atoms with Gasteiger partial charge in [-0.05, 0) is 38.0 Å². The number of carbonyl (C=O) groups is 2. The summed E-state index contributed by atoms with van der Waals surface area (Å²) < 4.78 is 10.2. The number of aromatic nitrogens is 1. The van der Waals surface area contributed by atoms with Crippen LogP contribution in [0.1, 0.15) is 49.7 Å². The van der Waals surface area contributed by atoms with Gasteiger partial charge in [-0.15, -0.1) is 0 Å². The second kappa shape index (κ2) is 6.59. The quantitative estimate of drug-likeness (QED) is 0.475. The molecule has 0 bridgehead atoms. The van der Waals surface area contributed by atoms with E-state index in [9.17, 15) is 9.59 Å². The topological polar surface area (TPSA) is 65.5 Å². The Kier molecular flexibility index (Phi) is 4.92. The van der Waals surface area contributed by atoms with Crippen molar-refractivity contribution in [2.45, 2.75) is 33.6 Å². The number of ketones is 1. The lowest BCUT2D eigenvalue weighted by Gasteiger charge is -2.21. The molecule has 0 fully saturated rings. The molecule has 0 N–H and O–H groups in total. The minimum Gasteiger partial charge on any atom is -0.494 e. The first kappa shape index (κ1) is 17.9. The van der Waals surface area contributed by atoms with Crippen molar-refractivity contribution in [3.63, 3.8) is 0 Å². The lowest BCUT2D eigenvalue weighted by atomic mass is 9.83. The maximum absolute atomic E-state index is 12.9. The van der Waals surface area contributed by atoms with E-state index < -0.39 is 11.4 Å². The van der Waals surface area contributed by atoms with Crippen LogP contribution in [-0.2, 0) is 9.53 Å². The molecule has 0 aliphatic heterocycles.